The van der Waals surface area contributed by atoms with Gasteiger partial charge in [-0.25, -0.2) is 0 Å². The molecule has 0 saturated carbocycles. The number of alkyl halides is 5. The summed E-state index contributed by atoms with van der Waals surface area (Å²) in [5.41, 5.74) is 0. The summed E-state index contributed by atoms with van der Waals surface area (Å²) in [7, 11) is 0. The normalized spacial score (nSPS) is 14.4. The summed E-state index contributed by atoms with van der Waals surface area (Å²) in [6, 6.07) is 0. The van der Waals surface area contributed by atoms with Gasteiger partial charge in [-0.1, -0.05) is 46.4 Å². The molecule has 0 spiro atoms. The van der Waals surface area contributed by atoms with Crippen molar-refractivity contribution in [3.05, 3.63) is 0 Å². The lowest BCUT2D eigenvalue weighted by atomic mass is 10.4. The number of aliphatic hydroxyl groups is 1. The van der Waals surface area contributed by atoms with Gasteiger partial charge < -0.3 is 10.4 Å². The Balaban J connectivity index is 4.15. The summed E-state index contributed by atoms with van der Waals surface area (Å²) in [6.45, 7) is 0. The first-order valence-corrected chi connectivity index (χ1v) is 5.18. The summed E-state index contributed by atoms with van der Waals surface area (Å²) in [5, 5.41) is 11.2. The fourth-order valence-electron chi connectivity index (χ4n) is 0.376. The fourth-order valence-corrected chi connectivity index (χ4v) is 0.758. The lowest BCUT2D eigenvalue weighted by molar-refractivity contribution is -0.122. The number of halogens is 5. The molecule has 0 saturated heterocycles. The van der Waals surface area contributed by atoms with Crippen LogP contribution in [0.5, 0.6) is 0 Å². The van der Waals surface area contributed by atoms with Crippen LogP contribution < -0.4 is 5.32 Å². The van der Waals surface area contributed by atoms with E-state index in [-0.39, 0.29) is 5.88 Å². The van der Waals surface area contributed by atoms with E-state index < -0.39 is 21.3 Å². The van der Waals surface area contributed by atoms with E-state index in [9.17, 15) is 9.90 Å². The van der Waals surface area contributed by atoms with Crippen molar-refractivity contribution in [1.82, 2.24) is 5.32 Å². The fraction of sp³-hybridized carbons (Fsp3) is 0.800. The zero-order valence-electron chi connectivity index (χ0n) is 6.11. The Hall–Kier alpha value is 0.880. The number of hydrogen-bond acceptors (Lipinski definition) is 2. The van der Waals surface area contributed by atoms with Crippen molar-refractivity contribution in [3.8, 4) is 0 Å². The lowest BCUT2D eigenvalue weighted by Crippen LogP contribution is -2.48. The van der Waals surface area contributed by atoms with Gasteiger partial charge in [0.25, 0.3) is 5.91 Å². The molecule has 0 heterocycles. The molecular formula is C5H6Cl5NO2. The van der Waals surface area contributed by atoms with Crippen molar-refractivity contribution in [1.29, 1.82) is 0 Å². The molecule has 0 rings (SSSR count). The van der Waals surface area contributed by atoms with Gasteiger partial charge in [-0.05, 0) is 0 Å². The van der Waals surface area contributed by atoms with Gasteiger partial charge in [0.05, 0.1) is 5.88 Å². The quantitative estimate of drug-likeness (QED) is 0.610. The van der Waals surface area contributed by atoms with E-state index in [1.807, 2.05) is 5.32 Å². The summed E-state index contributed by atoms with van der Waals surface area (Å²) in [6.07, 6.45) is -1.53. The average Bonchev–Trinajstić information content (AvgIpc) is 2.04. The SMILES string of the molecule is O=C(NC(O)C(Cl)(Cl)CCl)C(Cl)Cl. The second-order valence-corrected chi connectivity index (χ2v) is 5.01. The van der Waals surface area contributed by atoms with Crippen LogP contribution in [0.4, 0.5) is 0 Å². The maximum absolute atomic E-state index is 10.8. The summed E-state index contributed by atoms with van der Waals surface area (Å²) < 4.78 is -1.67. The van der Waals surface area contributed by atoms with E-state index in [0.29, 0.717) is 0 Å². The first-order chi connectivity index (χ1) is 5.81. The number of hydrogen-bond donors (Lipinski definition) is 2. The Bertz CT molecular complexity index is 186. The Morgan fingerprint density at radius 1 is 1.46 bits per heavy atom. The molecule has 2 N–H and O–H groups in total. The van der Waals surface area contributed by atoms with Crippen LogP contribution >= 0.6 is 58.0 Å². The van der Waals surface area contributed by atoms with Gasteiger partial charge in [0.2, 0.25) is 0 Å². The predicted octanol–water partition coefficient (Wildman–Crippen LogP) is 1.64. The molecule has 0 aromatic heterocycles. The molecule has 1 amide bonds. The molecule has 8 heteroatoms. The third-order valence-corrected chi connectivity index (χ3v) is 2.83. The molecule has 1 atom stereocenters. The maximum Gasteiger partial charge on any atom is 0.255 e. The molecule has 1 unspecified atom stereocenters. The van der Waals surface area contributed by atoms with E-state index in [0.717, 1.165) is 0 Å². The molecule has 0 bridgehead atoms. The van der Waals surface area contributed by atoms with Crippen molar-refractivity contribution in [2.75, 3.05) is 5.88 Å². The standard InChI is InChI=1S/C5H6Cl5NO2/c6-1-5(9,10)4(13)11-3(12)2(7)8/h2,4,13H,1H2,(H,11,12). The molecule has 0 aliphatic heterocycles. The van der Waals surface area contributed by atoms with Crippen molar-refractivity contribution < 1.29 is 9.90 Å². The van der Waals surface area contributed by atoms with Crippen LogP contribution in [0.2, 0.25) is 0 Å². The minimum atomic E-state index is -1.67. The molecule has 0 fully saturated rings. The van der Waals surface area contributed by atoms with E-state index in [4.69, 9.17) is 58.0 Å². The van der Waals surface area contributed by atoms with Crippen molar-refractivity contribution >= 4 is 63.9 Å². The van der Waals surface area contributed by atoms with Gasteiger partial charge in [0.15, 0.2) is 15.4 Å². The number of carbonyl (C=O) groups is 1. The monoisotopic (exact) mass is 287 g/mol. The lowest BCUT2D eigenvalue weighted by Gasteiger charge is -2.24. The second kappa shape index (κ2) is 5.69. The summed E-state index contributed by atoms with van der Waals surface area (Å²) in [4.78, 5) is 9.52. The zero-order valence-corrected chi connectivity index (χ0v) is 9.89. The molecule has 0 aliphatic carbocycles. The number of carbonyl (C=O) groups excluding carboxylic acids is 1. The third-order valence-electron chi connectivity index (χ3n) is 1.06. The number of rotatable bonds is 4. The van der Waals surface area contributed by atoms with Gasteiger partial charge in [0.1, 0.15) is 0 Å². The molecule has 0 aromatic rings. The highest BCUT2D eigenvalue weighted by Gasteiger charge is 2.34. The molecule has 78 valence electrons. The molecule has 0 aromatic carbocycles. The van der Waals surface area contributed by atoms with Crippen LogP contribution in [-0.4, -0.2) is 32.3 Å². The number of aliphatic hydroxyl groups excluding tert-OH is 1. The Labute approximate surface area is 100 Å². The van der Waals surface area contributed by atoms with Gasteiger partial charge in [-0.2, -0.15) is 0 Å². The highest BCUT2D eigenvalue weighted by atomic mass is 35.5. The maximum atomic E-state index is 10.8. The van der Waals surface area contributed by atoms with E-state index in [2.05, 4.69) is 0 Å². The van der Waals surface area contributed by atoms with Crippen LogP contribution in [0.1, 0.15) is 0 Å². The van der Waals surface area contributed by atoms with Crippen molar-refractivity contribution in [2.45, 2.75) is 15.4 Å². The number of nitrogens with one attached hydrogen (secondary N) is 1. The zero-order chi connectivity index (χ0) is 10.6. The van der Waals surface area contributed by atoms with E-state index >= 15 is 0 Å². The number of amides is 1. The molecule has 3 nitrogen and oxygen atoms in total. The van der Waals surface area contributed by atoms with E-state index in [1.54, 1.807) is 0 Å². The minimum absolute atomic E-state index is 0.257. The highest BCUT2D eigenvalue weighted by Crippen LogP contribution is 2.25. The molecule has 0 aliphatic rings. The van der Waals surface area contributed by atoms with Crippen LogP contribution in [0.25, 0.3) is 0 Å². The molecular weight excluding hydrogens is 283 g/mol. The van der Waals surface area contributed by atoms with Gasteiger partial charge in [-0.3, -0.25) is 4.79 Å². The summed E-state index contributed by atoms with van der Waals surface area (Å²) in [5.74, 6) is -1.06. The van der Waals surface area contributed by atoms with Gasteiger partial charge >= 0.3 is 0 Å². The Morgan fingerprint density at radius 2 is 1.92 bits per heavy atom. The highest BCUT2D eigenvalue weighted by molar-refractivity contribution is 6.54. The average molecular weight is 289 g/mol. The Morgan fingerprint density at radius 3 is 2.23 bits per heavy atom. The largest absolute Gasteiger partial charge is 0.370 e. The van der Waals surface area contributed by atoms with Gasteiger partial charge in [0, 0.05) is 0 Å². The van der Waals surface area contributed by atoms with Crippen LogP contribution in [0.3, 0.4) is 0 Å². The van der Waals surface area contributed by atoms with Crippen LogP contribution in [0.15, 0.2) is 0 Å². The topological polar surface area (TPSA) is 49.3 Å². The minimum Gasteiger partial charge on any atom is -0.370 e. The van der Waals surface area contributed by atoms with Crippen molar-refractivity contribution in [2.24, 2.45) is 0 Å². The van der Waals surface area contributed by atoms with Crippen LogP contribution in [-0.2, 0) is 4.79 Å². The smallest absolute Gasteiger partial charge is 0.255 e. The molecule has 13 heavy (non-hydrogen) atoms. The predicted molar refractivity (Wildman–Crippen MR) is 54.8 cm³/mol. The third kappa shape index (κ3) is 4.77. The summed E-state index contributed by atoms with van der Waals surface area (Å²) >= 11 is 26.7. The second-order valence-electron chi connectivity index (χ2n) is 2.11. The van der Waals surface area contributed by atoms with Crippen LogP contribution in [0, 0.1) is 0 Å². The first kappa shape index (κ1) is 13.9. The Kier molecular flexibility index (Phi) is 6.07. The van der Waals surface area contributed by atoms with Gasteiger partial charge in [-0.15, -0.1) is 11.6 Å². The van der Waals surface area contributed by atoms with Crippen molar-refractivity contribution in [3.63, 3.8) is 0 Å². The first-order valence-electron chi connectivity index (χ1n) is 3.01. The van der Waals surface area contributed by atoms with E-state index in [1.165, 1.54) is 0 Å². The molecule has 0 radical (unpaired) electrons.